The Morgan fingerprint density at radius 2 is 2.20 bits per heavy atom. The molecular weight excluding hydrogens is 286 g/mol. The lowest BCUT2D eigenvalue weighted by Crippen LogP contribution is -2.27. The smallest absolute Gasteiger partial charge is 0.371 e. The van der Waals surface area contributed by atoms with Gasteiger partial charge in [0, 0.05) is 12.6 Å². The summed E-state index contributed by atoms with van der Waals surface area (Å²) < 4.78 is 36.2. The lowest BCUT2D eigenvalue weighted by atomic mass is 10.4. The van der Waals surface area contributed by atoms with Gasteiger partial charge in [-0.15, -0.1) is 0 Å². The number of aryl methyl sites for hydroxylation is 1. The Bertz CT molecular complexity index is 601. The standard InChI is InChI=1S/C12H17NO6S/c1-8(2)7-18-5-4-13-20(16,17)11-6-10(12(14)15)19-9(11)3/h6,13H,1,4-5,7H2,2-3H3,(H,14,15). The van der Waals surface area contributed by atoms with Crippen molar-refractivity contribution in [3.63, 3.8) is 0 Å². The molecule has 0 aliphatic rings. The van der Waals surface area contributed by atoms with Crippen molar-refractivity contribution in [3.05, 3.63) is 29.7 Å². The van der Waals surface area contributed by atoms with Crippen LogP contribution in [-0.4, -0.2) is 39.3 Å². The number of carboxylic acids is 1. The van der Waals surface area contributed by atoms with Crippen LogP contribution in [0.15, 0.2) is 27.5 Å². The second-order valence-corrected chi connectivity index (χ2v) is 5.98. The molecule has 0 aromatic carbocycles. The maximum absolute atomic E-state index is 11.9. The van der Waals surface area contributed by atoms with Crippen molar-refractivity contribution in [2.45, 2.75) is 18.7 Å². The monoisotopic (exact) mass is 303 g/mol. The molecule has 0 aliphatic carbocycles. The van der Waals surface area contributed by atoms with Crippen molar-refractivity contribution in [3.8, 4) is 0 Å². The normalized spacial score (nSPS) is 11.5. The zero-order valence-electron chi connectivity index (χ0n) is 11.3. The molecule has 7 nitrogen and oxygen atoms in total. The Balaban J connectivity index is 2.65. The second kappa shape index (κ2) is 6.69. The molecule has 1 aromatic heterocycles. The number of hydrogen-bond donors (Lipinski definition) is 2. The number of sulfonamides is 1. The van der Waals surface area contributed by atoms with E-state index in [1.54, 1.807) is 6.92 Å². The molecule has 0 amide bonds. The fourth-order valence-electron chi connectivity index (χ4n) is 1.41. The molecule has 0 atom stereocenters. The average Bonchev–Trinajstić information content (AvgIpc) is 2.71. The van der Waals surface area contributed by atoms with Gasteiger partial charge in [0.2, 0.25) is 15.8 Å². The lowest BCUT2D eigenvalue weighted by molar-refractivity contribution is 0.0661. The van der Waals surface area contributed by atoms with Crippen molar-refractivity contribution >= 4 is 16.0 Å². The van der Waals surface area contributed by atoms with Crippen LogP contribution in [0.5, 0.6) is 0 Å². The van der Waals surface area contributed by atoms with Gasteiger partial charge in [-0.05, 0) is 13.8 Å². The molecule has 20 heavy (non-hydrogen) atoms. The van der Waals surface area contributed by atoms with Gasteiger partial charge in [0.25, 0.3) is 0 Å². The number of carboxylic acid groups (broad SMARTS) is 1. The number of ether oxygens (including phenoxy) is 1. The van der Waals surface area contributed by atoms with Crippen molar-refractivity contribution < 1.29 is 27.5 Å². The molecule has 1 aromatic rings. The molecule has 0 radical (unpaired) electrons. The van der Waals surface area contributed by atoms with E-state index in [9.17, 15) is 13.2 Å². The van der Waals surface area contributed by atoms with Crippen molar-refractivity contribution in [1.82, 2.24) is 4.72 Å². The molecule has 0 unspecified atom stereocenters. The van der Waals surface area contributed by atoms with Crippen LogP contribution in [0.25, 0.3) is 0 Å². The molecule has 2 N–H and O–H groups in total. The van der Waals surface area contributed by atoms with E-state index in [2.05, 4.69) is 11.3 Å². The van der Waals surface area contributed by atoms with Gasteiger partial charge in [-0.3, -0.25) is 0 Å². The molecule has 0 bridgehead atoms. The summed E-state index contributed by atoms with van der Waals surface area (Å²) in [4.78, 5) is 10.5. The minimum absolute atomic E-state index is 0.0257. The third-order valence-corrected chi connectivity index (χ3v) is 3.83. The molecule has 0 saturated heterocycles. The first-order valence-electron chi connectivity index (χ1n) is 5.79. The largest absolute Gasteiger partial charge is 0.475 e. The summed E-state index contributed by atoms with van der Waals surface area (Å²) in [5.41, 5.74) is 0.838. The second-order valence-electron chi connectivity index (χ2n) is 4.24. The topological polar surface area (TPSA) is 106 Å². The predicted molar refractivity (Wildman–Crippen MR) is 71.2 cm³/mol. The molecule has 0 fully saturated rings. The van der Waals surface area contributed by atoms with Crippen LogP contribution in [0.1, 0.15) is 23.2 Å². The van der Waals surface area contributed by atoms with Crippen molar-refractivity contribution in [2.75, 3.05) is 19.8 Å². The van der Waals surface area contributed by atoms with Gasteiger partial charge < -0.3 is 14.3 Å². The fourth-order valence-corrected chi connectivity index (χ4v) is 2.60. The Labute approximate surface area is 117 Å². The summed E-state index contributed by atoms with van der Waals surface area (Å²) in [5, 5.41) is 8.75. The maximum atomic E-state index is 11.9. The van der Waals surface area contributed by atoms with E-state index in [-0.39, 0.29) is 23.8 Å². The van der Waals surface area contributed by atoms with Gasteiger partial charge in [0.15, 0.2) is 0 Å². The van der Waals surface area contributed by atoms with E-state index in [0.717, 1.165) is 11.6 Å². The molecule has 1 rings (SSSR count). The highest BCUT2D eigenvalue weighted by Gasteiger charge is 2.23. The van der Waals surface area contributed by atoms with Crippen molar-refractivity contribution in [1.29, 1.82) is 0 Å². The zero-order chi connectivity index (χ0) is 15.3. The van der Waals surface area contributed by atoms with Gasteiger partial charge in [0.05, 0.1) is 13.2 Å². The number of hydrogen-bond acceptors (Lipinski definition) is 5. The van der Waals surface area contributed by atoms with E-state index >= 15 is 0 Å². The van der Waals surface area contributed by atoms with Crippen LogP contribution < -0.4 is 4.72 Å². The van der Waals surface area contributed by atoms with Gasteiger partial charge >= 0.3 is 5.97 Å². The zero-order valence-corrected chi connectivity index (χ0v) is 12.1. The van der Waals surface area contributed by atoms with Crippen LogP contribution in [-0.2, 0) is 14.8 Å². The van der Waals surface area contributed by atoms with Gasteiger partial charge in [-0.25, -0.2) is 17.9 Å². The van der Waals surface area contributed by atoms with E-state index in [4.69, 9.17) is 14.3 Å². The highest BCUT2D eigenvalue weighted by molar-refractivity contribution is 7.89. The Morgan fingerprint density at radius 1 is 1.55 bits per heavy atom. The molecule has 8 heteroatoms. The molecule has 0 saturated carbocycles. The summed E-state index contributed by atoms with van der Waals surface area (Å²) >= 11 is 0. The van der Waals surface area contributed by atoms with E-state index < -0.39 is 21.8 Å². The maximum Gasteiger partial charge on any atom is 0.371 e. The van der Waals surface area contributed by atoms with Crippen LogP contribution in [0.2, 0.25) is 0 Å². The Morgan fingerprint density at radius 3 is 2.70 bits per heavy atom. The minimum Gasteiger partial charge on any atom is -0.475 e. The summed E-state index contributed by atoms with van der Waals surface area (Å²) in [6.45, 7) is 7.45. The first-order chi connectivity index (χ1) is 9.24. The van der Waals surface area contributed by atoms with Crippen LogP contribution in [0.4, 0.5) is 0 Å². The summed E-state index contributed by atoms with van der Waals surface area (Å²) in [7, 11) is -3.81. The average molecular weight is 303 g/mol. The predicted octanol–water partition coefficient (Wildman–Crippen LogP) is 1.16. The first-order valence-corrected chi connectivity index (χ1v) is 7.28. The van der Waals surface area contributed by atoms with Crippen molar-refractivity contribution in [2.24, 2.45) is 0 Å². The highest BCUT2D eigenvalue weighted by atomic mass is 32.2. The van der Waals surface area contributed by atoms with Crippen LogP contribution in [0.3, 0.4) is 0 Å². The number of furan rings is 1. The summed E-state index contributed by atoms with van der Waals surface area (Å²) in [5.74, 6) is -1.71. The number of aromatic carboxylic acids is 1. The highest BCUT2D eigenvalue weighted by Crippen LogP contribution is 2.19. The Hall–Kier alpha value is -1.64. The Kier molecular flexibility index (Phi) is 5.49. The fraction of sp³-hybridized carbons (Fsp3) is 0.417. The third kappa shape index (κ3) is 4.48. The number of nitrogens with one attached hydrogen (secondary N) is 1. The van der Waals surface area contributed by atoms with Gasteiger partial charge in [-0.2, -0.15) is 0 Å². The molecule has 1 heterocycles. The van der Waals surface area contributed by atoms with Gasteiger partial charge in [-0.1, -0.05) is 12.2 Å². The summed E-state index contributed by atoms with van der Waals surface area (Å²) in [6.07, 6.45) is 0. The summed E-state index contributed by atoms with van der Waals surface area (Å²) in [6, 6.07) is 0.981. The molecule has 112 valence electrons. The van der Waals surface area contributed by atoms with Gasteiger partial charge in [0.1, 0.15) is 10.7 Å². The SMILES string of the molecule is C=C(C)COCCNS(=O)(=O)c1cc(C(=O)O)oc1C. The van der Waals surface area contributed by atoms with E-state index in [0.29, 0.717) is 6.61 Å². The quantitative estimate of drug-likeness (QED) is 0.551. The van der Waals surface area contributed by atoms with E-state index in [1.807, 2.05) is 0 Å². The first kappa shape index (κ1) is 16.4. The number of carbonyl (C=O) groups is 1. The van der Waals surface area contributed by atoms with Crippen LogP contribution >= 0.6 is 0 Å². The molecule has 0 aliphatic heterocycles. The molecular formula is C12H17NO6S. The lowest BCUT2D eigenvalue weighted by Gasteiger charge is -2.06. The minimum atomic E-state index is -3.81. The number of rotatable bonds is 8. The van der Waals surface area contributed by atoms with Crippen LogP contribution in [0, 0.1) is 6.92 Å². The van der Waals surface area contributed by atoms with E-state index in [1.165, 1.54) is 6.92 Å². The molecule has 0 spiro atoms. The third-order valence-electron chi connectivity index (χ3n) is 2.26.